The Bertz CT molecular complexity index is 1010. The largest absolute Gasteiger partial charge is 0.372 e. The zero-order valence-corrected chi connectivity index (χ0v) is 17.8. The molecule has 7 heteroatoms. The molecule has 1 aliphatic heterocycles. The van der Waals surface area contributed by atoms with Gasteiger partial charge >= 0.3 is 0 Å². The number of rotatable bonds is 5. The van der Waals surface area contributed by atoms with E-state index in [2.05, 4.69) is 46.3 Å². The standard InChI is InChI=1S/C21H28N6S/c1-16-13-17(2)27-20(22-16)23-26(21(27)28)15-24(3)14-18-7-9-19(10-8-18)25-11-5-4-6-12-25/h7-10,13H,4-6,11-12,14-15H2,1-3H3/p+1. The van der Waals surface area contributed by atoms with E-state index in [0.717, 1.165) is 17.9 Å². The van der Waals surface area contributed by atoms with Crippen molar-refractivity contribution in [1.82, 2.24) is 19.2 Å². The van der Waals surface area contributed by atoms with Crippen molar-refractivity contribution in [1.29, 1.82) is 0 Å². The number of aromatic nitrogens is 4. The van der Waals surface area contributed by atoms with Crippen LogP contribution in [0.25, 0.3) is 5.78 Å². The quantitative estimate of drug-likeness (QED) is 0.672. The maximum atomic E-state index is 5.63. The Morgan fingerprint density at radius 3 is 2.50 bits per heavy atom. The summed E-state index contributed by atoms with van der Waals surface area (Å²) in [6.45, 7) is 8.05. The van der Waals surface area contributed by atoms with Crippen LogP contribution < -0.4 is 9.80 Å². The average molecular weight is 398 g/mol. The normalized spacial score (nSPS) is 15.9. The van der Waals surface area contributed by atoms with E-state index in [4.69, 9.17) is 12.2 Å². The second-order valence-corrected chi connectivity index (χ2v) is 8.33. The third-order valence-corrected chi connectivity index (χ3v) is 5.85. The summed E-state index contributed by atoms with van der Waals surface area (Å²) >= 11 is 5.63. The average Bonchev–Trinajstić information content (AvgIpc) is 2.98. The summed E-state index contributed by atoms with van der Waals surface area (Å²) in [7, 11) is 2.18. The van der Waals surface area contributed by atoms with E-state index < -0.39 is 0 Å². The number of fused-ring (bicyclic) bond motifs is 1. The zero-order chi connectivity index (χ0) is 19.7. The third kappa shape index (κ3) is 3.95. The highest BCUT2D eigenvalue weighted by Gasteiger charge is 2.13. The molecule has 0 amide bonds. The predicted octanol–water partition coefficient (Wildman–Crippen LogP) is 2.54. The molecule has 0 bridgehead atoms. The number of quaternary nitrogens is 1. The van der Waals surface area contributed by atoms with E-state index in [-0.39, 0.29) is 0 Å². The first-order valence-corrected chi connectivity index (χ1v) is 10.5. The molecule has 0 radical (unpaired) electrons. The predicted molar refractivity (Wildman–Crippen MR) is 114 cm³/mol. The summed E-state index contributed by atoms with van der Waals surface area (Å²) in [6, 6.07) is 11.1. The van der Waals surface area contributed by atoms with Crippen molar-refractivity contribution in [3.05, 3.63) is 52.1 Å². The lowest BCUT2D eigenvalue weighted by Crippen LogP contribution is -3.07. The number of aryl methyl sites for hydroxylation is 2. The number of nitrogens with zero attached hydrogens (tertiary/aromatic N) is 5. The molecule has 0 spiro atoms. The first-order valence-electron chi connectivity index (χ1n) is 10.1. The van der Waals surface area contributed by atoms with Crippen molar-refractivity contribution < 1.29 is 4.90 Å². The molecule has 1 unspecified atom stereocenters. The van der Waals surface area contributed by atoms with Gasteiger partial charge < -0.3 is 9.80 Å². The first-order chi connectivity index (χ1) is 13.5. The van der Waals surface area contributed by atoms with Crippen molar-refractivity contribution in [2.45, 2.75) is 46.3 Å². The Hall–Kier alpha value is -2.25. The van der Waals surface area contributed by atoms with Gasteiger partial charge in [-0.3, -0.25) is 4.40 Å². The Kier molecular flexibility index (Phi) is 5.46. The van der Waals surface area contributed by atoms with Gasteiger partial charge in [0.25, 0.3) is 5.78 Å². The first kappa shape index (κ1) is 19.1. The number of nitrogens with one attached hydrogen (secondary N) is 1. The lowest BCUT2D eigenvalue weighted by atomic mass is 10.1. The molecule has 1 saturated heterocycles. The Morgan fingerprint density at radius 2 is 1.79 bits per heavy atom. The minimum atomic E-state index is 0.682. The van der Waals surface area contributed by atoms with Crippen molar-refractivity contribution >= 4 is 23.7 Å². The van der Waals surface area contributed by atoms with Gasteiger partial charge in [-0.15, -0.1) is 5.10 Å². The van der Waals surface area contributed by atoms with E-state index in [0.29, 0.717) is 17.2 Å². The number of anilines is 1. The van der Waals surface area contributed by atoms with Crippen LogP contribution in [0.15, 0.2) is 30.3 Å². The number of benzene rings is 1. The van der Waals surface area contributed by atoms with Gasteiger partial charge in [0, 0.05) is 35.7 Å². The van der Waals surface area contributed by atoms with Gasteiger partial charge in [0.15, 0.2) is 6.67 Å². The summed E-state index contributed by atoms with van der Waals surface area (Å²) in [5.41, 5.74) is 4.72. The Morgan fingerprint density at radius 1 is 1.07 bits per heavy atom. The fourth-order valence-electron chi connectivity index (χ4n) is 4.07. The van der Waals surface area contributed by atoms with Crippen LogP contribution in [0.4, 0.5) is 5.69 Å². The van der Waals surface area contributed by atoms with Crippen LogP contribution in [0.5, 0.6) is 0 Å². The molecule has 4 rings (SSSR count). The molecule has 1 N–H and O–H groups in total. The number of piperidine rings is 1. The van der Waals surface area contributed by atoms with Crippen LogP contribution in [0.1, 0.15) is 36.2 Å². The second-order valence-electron chi connectivity index (χ2n) is 7.96. The van der Waals surface area contributed by atoms with Crippen LogP contribution in [-0.2, 0) is 13.2 Å². The highest BCUT2D eigenvalue weighted by molar-refractivity contribution is 7.71. The molecule has 1 fully saturated rings. The van der Waals surface area contributed by atoms with Crippen LogP contribution >= 0.6 is 12.2 Å². The van der Waals surface area contributed by atoms with Gasteiger partial charge in [-0.05, 0) is 63.5 Å². The third-order valence-electron chi connectivity index (χ3n) is 5.45. The second kappa shape index (κ2) is 8.01. The van der Waals surface area contributed by atoms with Gasteiger partial charge in [0.05, 0.1) is 7.05 Å². The van der Waals surface area contributed by atoms with Crippen molar-refractivity contribution in [2.24, 2.45) is 0 Å². The molecule has 28 heavy (non-hydrogen) atoms. The smallest absolute Gasteiger partial charge is 0.254 e. The number of hydrogen-bond acceptors (Lipinski definition) is 4. The Labute approximate surface area is 171 Å². The van der Waals surface area contributed by atoms with Gasteiger partial charge in [0.1, 0.15) is 6.54 Å². The maximum absolute atomic E-state index is 5.63. The van der Waals surface area contributed by atoms with E-state index in [1.54, 1.807) is 0 Å². The monoisotopic (exact) mass is 397 g/mol. The van der Waals surface area contributed by atoms with Crippen molar-refractivity contribution in [2.75, 3.05) is 25.0 Å². The topological polar surface area (TPSA) is 42.8 Å². The fraction of sp³-hybridized carbons (Fsp3) is 0.476. The highest BCUT2D eigenvalue weighted by atomic mass is 32.1. The summed E-state index contributed by atoms with van der Waals surface area (Å²) in [5.74, 6) is 0.682. The molecule has 1 aliphatic rings. The van der Waals surface area contributed by atoms with E-state index in [1.807, 2.05) is 29.0 Å². The maximum Gasteiger partial charge on any atom is 0.254 e. The van der Waals surface area contributed by atoms with Crippen LogP contribution in [0, 0.1) is 18.6 Å². The molecule has 2 aromatic heterocycles. The van der Waals surface area contributed by atoms with Gasteiger partial charge in [-0.2, -0.15) is 4.68 Å². The van der Waals surface area contributed by atoms with E-state index in [1.165, 1.54) is 48.5 Å². The molecular formula is C21H29N6S+. The molecule has 6 nitrogen and oxygen atoms in total. The molecule has 0 saturated carbocycles. The molecule has 1 atom stereocenters. The SMILES string of the molecule is Cc1cc(C)n2c(=S)n(C[NH+](C)Cc3ccc(N4CCCCC4)cc3)nc2n1. The van der Waals surface area contributed by atoms with Gasteiger partial charge in [0.2, 0.25) is 4.77 Å². The lowest BCUT2D eigenvalue weighted by molar-refractivity contribution is -0.917. The van der Waals surface area contributed by atoms with Gasteiger partial charge in [-0.1, -0.05) is 12.1 Å². The molecular weight excluding hydrogens is 368 g/mol. The molecule has 0 aliphatic carbocycles. The highest BCUT2D eigenvalue weighted by Crippen LogP contribution is 2.20. The van der Waals surface area contributed by atoms with Crippen LogP contribution in [0.3, 0.4) is 0 Å². The van der Waals surface area contributed by atoms with Crippen molar-refractivity contribution in [3.8, 4) is 0 Å². The fourth-order valence-corrected chi connectivity index (χ4v) is 4.41. The molecule has 3 heterocycles. The summed E-state index contributed by atoms with van der Waals surface area (Å²) < 4.78 is 4.55. The van der Waals surface area contributed by atoms with Crippen LogP contribution in [-0.4, -0.2) is 39.3 Å². The van der Waals surface area contributed by atoms with E-state index in [9.17, 15) is 0 Å². The Balaban J connectivity index is 1.45. The summed E-state index contributed by atoms with van der Waals surface area (Å²) in [6.07, 6.45) is 3.98. The zero-order valence-electron chi connectivity index (χ0n) is 17.0. The lowest BCUT2D eigenvalue weighted by Gasteiger charge is -2.28. The molecule has 148 valence electrons. The summed E-state index contributed by atoms with van der Waals surface area (Å²) in [4.78, 5) is 8.34. The minimum Gasteiger partial charge on any atom is -0.372 e. The number of hydrogen-bond donors (Lipinski definition) is 1. The van der Waals surface area contributed by atoms with Crippen molar-refractivity contribution in [3.63, 3.8) is 0 Å². The molecule has 3 aromatic rings. The van der Waals surface area contributed by atoms with Crippen LogP contribution in [0.2, 0.25) is 0 Å². The summed E-state index contributed by atoms with van der Waals surface area (Å²) in [5, 5.41) is 4.63. The molecule has 1 aromatic carbocycles. The van der Waals surface area contributed by atoms with E-state index >= 15 is 0 Å². The minimum absolute atomic E-state index is 0.682. The van der Waals surface area contributed by atoms with Gasteiger partial charge in [-0.25, -0.2) is 4.98 Å².